The number of imide groups is 2. The number of benzene rings is 2. The zero-order valence-corrected chi connectivity index (χ0v) is 26.4. The first-order valence-electron chi connectivity index (χ1n) is 13.2. The van der Waals surface area contributed by atoms with E-state index in [1.165, 1.54) is 21.1 Å². The number of likely N-dealkylation sites (tertiary alicyclic amines) is 1. The van der Waals surface area contributed by atoms with Crippen molar-refractivity contribution in [1.29, 1.82) is 0 Å². The van der Waals surface area contributed by atoms with E-state index >= 15 is 0 Å². The normalized spacial score (nSPS) is 32.0. The molecule has 12 heteroatoms. The minimum absolute atomic E-state index is 0.0957. The zero-order chi connectivity index (χ0) is 30.5. The van der Waals surface area contributed by atoms with Crippen LogP contribution in [0.1, 0.15) is 41.6 Å². The van der Waals surface area contributed by atoms with Crippen LogP contribution in [0.4, 0.5) is 5.69 Å². The van der Waals surface area contributed by atoms with Gasteiger partial charge in [-0.15, -0.1) is 23.2 Å². The summed E-state index contributed by atoms with van der Waals surface area (Å²) in [6.45, 7) is 1.43. The Bertz CT molecular complexity index is 1640. The Morgan fingerprint density at radius 1 is 1.05 bits per heavy atom. The molecule has 3 fully saturated rings. The third-order valence-electron chi connectivity index (χ3n) is 9.15. The standard InChI is InChI=1S/C30H25Cl2IN2O7/c1-13(36)14-4-6-16(7-5-14)35-25(38)18-9-8-17-19(22(18)26(35)39)12-29(31)27(40)34(2)28(41)30(29,32)23(17)15-10-20(33)24(37)21(11-15)42-3/h4-8,10-11,18-19,22-23,37H,9,12H2,1-3H3/t18-,19+,22-,23-,29+,30-/m0/s1. The van der Waals surface area contributed by atoms with Gasteiger partial charge in [0.2, 0.25) is 11.8 Å². The van der Waals surface area contributed by atoms with Crippen LogP contribution in [0.2, 0.25) is 0 Å². The second-order valence-electron chi connectivity index (χ2n) is 11.2. The molecule has 2 heterocycles. The summed E-state index contributed by atoms with van der Waals surface area (Å²) in [6, 6.07) is 9.46. The van der Waals surface area contributed by atoms with Crippen LogP contribution in [0.5, 0.6) is 11.5 Å². The van der Waals surface area contributed by atoms with Crippen LogP contribution in [0, 0.1) is 21.3 Å². The number of alkyl halides is 2. The van der Waals surface area contributed by atoms with Gasteiger partial charge in [-0.3, -0.25) is 33.8 Å². The fraction of sp³-hybridized carbons (Fsp3) is 0.367. The first-order valence-corrected chi connectivity index (χ1v) is 15.1. The Hall–Kier alpha value is -2.96. The summed E-state index contributed by atoms with van der Waals surface area (Å²) in [6.07, 6.45) is 1.93. The maximum Gasteiger partial charge on any atom is 0.253 e. The molecule has 0 unspecified atom stereocenters. The SMILES string of the molecule is COc1cc([C@H]2C3=CC[C@@H]4C(=O)N(c5ccc(C(C)=O)cc5)C(=O)[C@@H]4[C@@H]3C[C@@]3(Cl)C(=O)N(C)C(=O)[C@@]23Cl)cc(I)c1O. The van der Waals surface area contributed by atoms with Crippen molar-refractivity contribution in [2.75, 3.05) is 19.1 Å². The molecule has 4 aliphatic rings. The number of aromatic hydroxyl groups is 1. The van der Waals surface area contributed by atoms with Crippen LogP contribution < -0.4 is 9.64 Å². The number of amides is 4. The molecular formula is C30H25Cl2IN2O7. The van der Waals surface area contributed by atoms with Crippen molar-refractivity contribution in [3.63, 3.8) is 0 Å². The van der Waals surface area contributed by atoms with E-state index < -0.39 is 51.1 Å². The van der Waals surface area contributed by atoms with Crippen LogP contribution in [-0.4, -0.2) is 63.3 Å². The van der Waals surface area contributed by atoms with Crippen molar-refractivity contribution in [3.8, 4) is 11.5 Å². The molecule has 0 bridgehead atoms. The van der Waals surface area contributed by atoms with E-state index in [0.717, 1.165) is 9.80 Å². The number of hydrogen-bond donors (Lipinski definition) is 1. The predicted molar refractivity (Wildman–Crippen MR) is 162 cm³/mol. The molecule has 2 aliphatic carbocycles. The molecule has 6 rings (SSSR count). The van der Waals surface area contributed by atoms with Crippen LogP contribution in [0.3, 0.4) is 0 Å². The molecule has 1 N–H and O–H groups in total. The fourth-order valence-electron chi connectivity index (χ4n) is 7.13. The molecule has 2 aromatic carbocycles. The van der Waals surface area contributed by atoms with Crippen molar-refractivity contribution in [2.24, 2.45) is 17.8 Å². The summed E-state index contributed by atoms with van der Waals surface area (Å²) in [5.41, 5.74) is 1.91. The molecule has 0 spiro atoms. The highest BCUT2D eigenvalue weighted by atomic mass is 127. The number of fused-ring (bicyclic) bond motifs is 4. The van der Waals surface area contributed by atoms with Crippen molar-refractivity contribution in [3.05, 3.63) is 62.7 Å². The van der Waals surface area contributed by atoms with Gasteiger partial charge in [-0.2, -0.15) is 0 Å². The topological polar surface area (TPSA) is 121 Å². The van der Waals surface area contributed by atoms with Gasteiger partial charge < -0.3 is 9.84 Å². The molecule has 6 atom stereocenters. The Labute approximate surface area is 264 Å². The lowest BCUT2D eigenvalue weighted by atomic mass is 9.56. The van der Waals surface area contributed by atoms with Gasteiger partial charge in [-0.1, -0.05) is 11.6 Å². The van der Waals surface area contributed by atoms with Gasteiger partial charge in [-0.25, -0.2) is 0 Å². The van der Waals surface area contributed by atoms with Gasteiger partial charge in [0.25, 0.3) is 11.8 Å². The summed E-state index contributed by atoms with van der Waals surface area (Å²) in [4.78, 5) is 65.0. The molecule has 2 aromatic rings. The summed E-state index contributed by atoms with van der Waals surface area (Å²) >= 11 is 16.3. The molecule has 9 nitrogen and oxygen atoms in total. The second-order valence-corrected chi connectivity index (χ2v) is 13.6. The van der Waals surface area contributed by atoms with Crippen LogP contribution in [0.15, 0.2) is 48.0 Å². The maximum absolute atomic E-state index is 14.1. The highest BCUT2D eigenvalue weighted by Gasteiger charge is 2.76. The third kappa shape index (κ3) is 3.70. The molecule has 2 aliphatic heterocycles. The van der Waals surface area contributed by atoms with Gasteiger partial charge in [-0.05, 0) is 90.2 Å². The highest BCUT2D eigenvalue weighted by Crippen LogP contribution is 2.65. The Balaban J connectivity index is 1.50. The van der Waals surface area contributed by atoms with E-state index in [1.54, 1.807) is 36.4 Å². The number of methoxy groups -OCH3 is 1. The first-order chi connectivity index (χ1) is 19.8. The quantitative estimate of drug-likeness (QED) is 0.163. The molecule has 0 radical (unpaired) electrons. The number of carbonyl (C=O) groups is 5. The van der Waals surface area contributed by atoms with Crippen molar-refractivity contribution >= 4 is 80.9 Å². The van der Waals surface area contributed by atoms with E-state index in [4.69, 9.17) is 27.9 Å². The van der Waals surface area contributed by atoms with E-state index in [1.807, 2.05) is 28.7 Å². The Morgan fingerprint density at radius 2 is 1.71 bits per heavy atom. The lowest BCUT2D eigenvalue weighted by Gasteiger charge is -2.50. The smallest absolute Gasteiger partial charge is 0.253 e. The highest BCUT2D eigenvalue weighted by molar-refractivity contribution is 14.1. The number of phenols is 1. The molecule has 1 saturated carbocycles. The molecule has 218 valence electrons. The predicted octanol–water partition coefficient (Wildman–Crippen LogP) is 4.40. The van der Waals surface area contributed by atoms with Crippen LogP contribution >= 0.6 is 45.8 Å². The number of rotatable bonds is 4. The lowest BCUT2D eigenvalue weighted by molar-refractivity contribution is -0.138. The first kappa shape index (κ1) is 29.1. The van der Waals surface area contributed by atoms with Gasteiger partial charge in [0.15, 0.2) is 27.0 Å². The number of nitrogens with zero attached hydrogens (tertiary/aromatic N) is 2. The number of halogens is 3. The fourth-order valence-corrected chi connectivity index (χ4v) is 8.78. The average molecular weight is 723 g/mol. The summed E-state index contributed by atoms with van der Waals surface area (Å²) in [5, 5.41) is 10.5. The third-order valence-corrected chi connectivity index (χ3v) is 11.4. The van der Waals surface area contributed by atoms with Crippen LogP contribution in [-0.2, 0) is 19.2 Å². The summed E-state index contributed by atoms with van der Waals surface area (Å²) < 4.78 is 5.81. The number of ether oxygens (including phenoxy) is 1. The van der Waals surface area contributed by atoms with Gasteiger partial charge in [0.05, 0.1) is 28.2 Å². The lowest BCUT2D eigenvalue weighted by Crippen LogP contribution is -2.60. The minimum atomic E-state index is -1.94. The monoisotopic (exact) mass is 722 g/mol. The number of hydrogen-bond acceptors (Lipinski definition) is 7. The van der Waals surface area contributed by atoms with E-state index in [9.17, 15) is 29.1 Å². The van der Waals surface area contributed by atoms with E-state index in [2.05, 4.69) is 0 Å². The zero-order valence-electron chi connectivity index (χ0n) is 22.7. The molecular weight excluding hydrogens is 698 g/mol. The van der Waals surface area contributed by atoms with Crippen molar-refractivity contribution < 1.29 is 33.8 Å². The molecule has 2 saturated heterocycles. The van der Waals surface area contributed by atoms with Crippen LogP contribution in [0.25, 0.3) is 0 Å². The Morgan fingerprint density at radius 3 is 2.33 bits per heavy atom. The largest absolute Gasteiger partial charge is 0.504 e. The van der Waals surface area contributed by atoms with Crippen molar-refractivity contribution in [2.45, 2.75) is 35.4 Å². The number of carbonyl (C=O) groups excluding carboxylic acids is 5. The Kier molecular flexibility index (Phi) is 6.78. The molecule has 0 aromatic heterocycles. The maximum atomic E-state index is 14.1. The van der Waals surface area contributed by atoms with Gasteiger partial charge >= 0.3 is 0 Å². The number of anilines is 1. The van der Waals surface area contributed by atoms with E-state index in [0.29, 0.717) is 26.0 Å². The number of phenolic OH excluding ortho intramolecular Hbond substituents is 1. The van der Waals surface area contributed by atoms with Crippen molar-refractivity contribution in [1.82, 2.24) is 4.90 Å². The summed E-state index contributed by atoms with van der Waals surface area (Å²) in [7, 11) is 2.72. The number of ketones is 1. The van der Waals surface area contributed by atoms with Gasteiger partial charge in [0.1, 0.15) is 0 Å². The minimum Gasteiger partial charge on any atom is -0.504 e. The summed E-state index contributed by atoms with van der Waals surface area (Å²) in [5.74, 6) is -5.47. The van der Waals surface area contributed by atoms with Gasteiger partial charge in [0, 0.05) is 18.5 Å². The molecule has 4 amide bonds. The second kappa shape index (κ2) is 9.78. The average Bonchev–Trinajstić information content (AvgIpc) is 3.29. The van der Waals surface area contributed by atoms with E-state index in [-0.39, 0.29) is 36.0 Å². The molecule has 42 heavy (non-hydrogen) atoms. The number of Topliss-reactive ketones (excluding diaryl/α,β-unsaturated/α-hetero) is 1. The number of allylic oxidation sites excluding steroid dienone is 2.